The Labute approximate surface area is 101 Å². The fraction of sp³-hybridized carbons (Fsp3) is 1.00. The molecule has 2 nitrogen and oxygen atoms in total. The average molecular weight is 224 g/mol. The van der Waals surface area contributed by atoms with Crippen molar-refractivity contribution in [1.29, 1.82) is 0 Å². The summed E-state index contributed by atoms with van der Waals surface area (Å²) in [7, 11) is 0. The molecule has 0 saturated carbocycles. The van der Waals surface area contributed by atoms with Crippen LogP contribution < -0.4 is 5.32 Å². The molecule has 2 aliphatic heterocycles. The van der Waals surface area contributed by atoms with E-state index in [2.05, 4.69) is 31.0 Å². The molecular weight excluding hydrogens is 196 g/mol. The normalized spacial score (nSPS) is 37.1. The fourth-order valence-electron chi connectivity index (χ4n) is 3.81. The zero-order valence-electron chi connectivity index (χ0n) is 11.3. The van der Waals surface area contributed by atoms with Crippen LogP contribution in [0.25, 0.3) is 0 Å². The average Bonchev–Trinajstić information content (AvgIpc) is 2.78. The molecule has 0 aromatic rings. The number of nitrogens with zero attached hydrogens (tertiary/aromatic N) is 1. The number of nitrogens with one attached hydrogen (secondary N) is 1. The Morgan fingerprint density at radius 1 is 1.38 bits per heavy atom. The van der Waals surface area contributed by atoms with Crippen LogP contribution in [0, 0.1) is 11.8 Å². The molecule has 0 radical (unpaired) electrons. The predicted octanol–water partition coefficient (Wildman–Crippen LogP) is 2.50. The van der Waals surface area contributed by atoms with Crippen LogP contribution in [0.4, 0.5) is 0 Å². The van der Waals surface area contributed by atoms with E-state index in [-0.39, 0.29) is 0 Å². The molecule has 2 rings (SSSR count). The van der Waals surface area contributed by atoms with Gasteiger partial charge in [0, 0.05) is 12.1 Å². The van der Waals surface area contributed by atoms with Crippen molar-refractivity contribution >= 4 is 0 Å². The lowest BCUT2D eigenvalue weighted by atomic mass is 9.70. The first-order valence-corrected chi connectivity index (χ1v) is 7.16. The molecular formula is C14H28N2. The highest BCUT2D eigenvalue weighted by atomic mass is 15.2. The van der Waals surface area contributed by atoms with E-state index in [1.807, 2.05) is 0 Å². The smallest absolute Gasteiger partial charge is 0.0245 e. The number of rotatable bonds is 3. The predicted molar refractivity (Wildman–Crippen MR) is 69.6 cm³/mol. The summed E-state index contributed by atoms with van der Waals surface area (Å²) in [5, 5.41) is 3.89. The van der Waals surface area contributed by atoms with E-state index in [4.69, 9.17) is 0 Å². The van der Waals surface area contributed by atoms with Crippen LogP contribution in [-0.2, 0) is 0 Å². The van der Waals surface area contributed by atoms with E-state index in [9.17, 15) is 0 Å². The summed E-state index contributed by atoms with van der Waals surface area (Å²) in [5.41, 5.74) is 0.447. The molecule has 1 N–H and O–H groups in total. The van der Waals surface area contributed by atoms with Crippen LogP contribution in [-0.4, -0.2) is 36.6 Å². The van der Waals surface area contributed by atoms with Crippen LogP contribution >= 0.6 is 0 Å². The lowest BCUT2D eigenvalue weighted by molar-refractivity contribution is 0.107. The Bertz CT molecular complexity index is 219. The summed E-state index contributed by atoms with van der Waals surface area (Å²) in [4.78, 5) is 2.62. The van der Waals surface area contributed by atoms with Crippen LogP contribution in [0.5, 0.6) is 0 Å². The van der Waals surface area contributed by atoms with E-state index in [1.165, 1.54) is 51.9 Å². The zero-order chi connectivity index (χ0) is 11.6. The molecule has 0 aromatic carbocycles. The molecule has 0 aliphatic carbocycles. The Morgan fingerprint density at radius 2 is 2.19 bits per heavy atom. The Balaban J connectivity index is 2.07. The topological polar surface area (TPSA) is 15.3 Å². The van der Waals surface area contributed by atoms with Gasteiger partial charge in [-0.2, -0.15) is 0 Å². The van der Waals surface area contributed by atoms with Crippen molar-refractivity contribution in [3.05, 3.63) is 0 Å². The van der Waals surface area contributed by atoms with Crippen molar-refractivity contribution in [1.82, 2.24) is 10.2 Å². The Kier molecular flexibility index (Phi) is 3.91. The summed E-state index contributed by atoms with van der Waals surface area (Å²) in [6.07, 6.45) is 5.60. The second-order valence-electron chi connectivity index (χ2n) is 5.96. The molecule has 94 valence electrons. The van der Waals surface area contributed by atoms with E-state index < -0.39 is 0 Å². The molecule has 0 amide bonds. The first kappa shape index (κ1) is 12.4. The summed E-state index contributed by atoms with van der Waals surface area (Å²) >= 11 is 0. The van der Waals surface area contributed by atoms with E-state index in [1.54, 1.807) is 0 Å². The van der Waals surface area contributed by atoms with Crippen molar-refractivity contribution in [3.8, 4) is 0 Å². The van der Waals surface area contributed by atoms with Gasteiger partial charge < -0.3 is 10.2 Å². The zero-order valence-corrected chi connectivity index (χ0v) is 11.3. The maximum Gasteiger partial charge on any atom is 0.0245 e. The van der Waals surface area contributed by atoms with Gasteiger partial charge >= 0.3 is 0 Å². The highest BCUT2D eigenvalue weighted by Crippen LogP contribution is 2.38. The Morgan fingerprint density at radius 3 is 2.69 bits per heavy atom. The first-order chi connectivity index (χ1) is 7.69. The lowest BCUT2D eigenvalue weighted by Crippen LogP contribution is -2.58. The second kappa shape index (κ2) is 5.05. The molecule has 0 spiro atoms. The van der Waals surface area contributed by atoms with E-state index in [0.717, 1.165) is 11.8 Å². The SMILES string of the molecule is CCN1CCC(C2(C(C)C)CCCCN2)C1. The quantitative estimate of drug-likeness (QED) is 0.792. The van der Waals surface area contributed by atoms with Crippen LogP contribution in [0.2, 0.25) is 0 Å². The molecule has 16 heavy (non-hydrogen) atoms. The summed E-state index contributed by atoms with van der Waals surface area (Å²) in [5.74, 6) is 1.65. The number of hydrogen-bond acceptors (Lipinski definition) is 2. The fourth-order valence-corrected chi connectivity index (χ4v) is 3.81. The highest BCUT2D eigenvalue weighted by molar-refractivity contribution is 5.02. The number of likely N-dealkylation sites (tertiary alicyclic amines) is 1. The molecule has 2 aliphatic rings. The lowest BCUT2D eigenvalue weighted by Gasteiger charge is -2.46. The highest BCUT2D eigenvalue weighted by Gasteiger charge is 2.44. The maximum absolute atomic E-state index is 3.89. The minimum absolute atomic E-state index is 0.447. The van der Waals surface area contributed by atoms with E-state index in [0.29, 0.717) is 5.54 Å². The van der Waals surface area contributed by atoms with Gasteiger partial charge in [0.25, 0.3) is 0 Å². The van der Waals surface area contributed by atoms with Crippen molar-refractivity contribution in [3.63, 3.8) is 0 Å². The van der Waals surface area contributed by atoms with Crippen LogP contribution in [0.1, 0.15) is 46.5 Å². The molecule has 2 heterocycles. The summed E-state index contributed by atoms with van der Waals surface area (Å²) < 4.78 is 0. The third-order valence-electron chi connectivity index (χ3n) is 4.95. The molecule has 2 atom stereocenters. The minimum atomic E-state index is 0.447. The van der Waals surface area contributed by atoms with Gasteiger partial charge in [-0.1, -0.05) is 27.2 Å². The van der Waals surface area contributed by atoms with Crippen LogP contribution in [0.15, 0.2) is 0 Å². The van der Waals surface area contributed by atoms with Gasteiger partial charge in [0.15, 0.2) is 0 Å². The van der Waals surface area contributed by atoms with Crippen molar-refractivity contribution < 1.29 is 0 Å². The molecule has 2 saturated heterocycles. The van der Waals surface area contributed by atoms with Gasteiger partial charge in [0.2, 0.25) is 0 Å². The van der Waals surface area contributed by atoms with Crippen LogP contribution in [0.3, 0.4) is 0 Å². The molecule has 0 aromatic heterocycles. The van der Waals surface area contributed by atoms with Gasteiger partial charge in [-0.15, -0.1) is 0 Å². The minimum Gasteiger partial charge on any atom is -0.311 e. The standard InChI is InChI=1S/C14H28N2/c1-4-16-10-7-13(11-16)14(12(2)3)8-5-6-9-15-14/h12-13,15H,4-11H2,1-3H3. The van der Waals surface area contributed by atoms with Gasteiger partial charge in [-0.05, 0) is 50.7 Å². The van der Waals surface area contributed by atoms with Crippen molar-refractivity contribution in [2.24, 2.45) is 11.8 Å². The summed E-state index contributed by atoms with van der Waals surface area (Å²) in [6.45, 7) is 12.2. The van der Waals surface area contributed by atoms with Gasteiger partial charge in [-0.25, -0.2) is 0 Å². The van der Waals surface area contributed by atoms with Gasteiger partial charge in [0.05, 0.1) is 0 Å². The van der Waals surface area contributed by atoms with Gasteiger partial charge in [0.1, 0.15) is 0 Å². The molecule has 2 fully saturated rings. The van der Waals surface area contributed by atoms with E-state index >= 15 is 0 Å². The largest absolute Gasteiger partial charge is 0.311 e. The number of hydrogen-bond donors (Lipinski definition) is 1. The first-order valence-electron chi connectivity index (χ1n) is 7.16. The monoisotopic (exact) mass is 224 g/mol. The number of piperidine rings is 1. The second-order valence-corrected chi connectivity index (χ2v) is 5.96. The third kappa shape index (κ3) is 2.14. The third-order valence-corrected chi connectivity index (χ3v) is 4.95. The van der Waals surface area contributed by atoms with Gasteiger partial charge in [-0.3, -0.25) is 0 Å². The summed E-state index contributed by atoms with van der Waals surface area (Å²) in [6, 6.07) is 0. The molecule has 2 heteroatoms. The molecule has 0 bridgehead atoms. The molecule has 2 unspecified atom stereocenters. The van der Waals surface area contributed by atoms with Crippen molar-refractivity contribution in [2.45, 2.75) is 52.0 Å². The Hall–Kier alpha value is -0.0800. The maximum atomic E-state index is 3.89. The van der Waals surface area contributed by atoms with Crippen molar-refractivity contribution in [2.75, 3.05) is 26.2 Å².